The van der Waals surface area contributed by atoms with Gasteiger partial charge in [-0.15, -0.1) is 0 Å². The molecule has 0 aliphatic rings. The number of rotatable bonds is 6. The molecule has 0 spiro atoms. The maximum Gasteiger partial charge on any atom is 0.132 e. The molecule has 3 nitrogen and oxygen atoms in total. The molecular formula is C16H20O3. The van der Waals surface area contributed by atoms with Crippen LogP contribution in [0.5, 0.6) is 5.75 Å². The lowest BCUT2D eigenvalue weighted by atomic mass is 10.0. The number of ether oxygens (including phenoxy) is 2. The lowest BCUT2D eigenvalue weighted by Crippen LogP contribution is -2.05. The zero-order valence-corrected chi connectivity index (χ0v) is 11.4. The van der Waals surface area contributed by atoms with Crippen molar-refractivity contribution in [1.29, 1.82) is 0 Å². The first-order valence-corrected chi connectivity index (χ1v) is 6.55. The van der Waals surface area contributed by atoms with E-state index in [1.165, 1.54) is 0 Å². The molecule has 0 saturated carbocycles. The molecule has 19 heavy (non-hydrogen) atoms. The highest BCUT2D eigenvalue weighted by atomic mass is 16.5. The van der Waals surface area contributed by atoms with Crippen LogP contribution in [0.25, 0.3) is 10.8 Å². The van der Waals surface area contributed by atoms with Gasteiger partial charge in [-0.25, -0.2) is 0 Å². The Morgan fingerprint density at radius 1 is 1.11 bits per heavy atom. The maximum atomic E-state index is 9.86. The molecule has 0 fully saturated rings. The fraction of sp³-hybridized carbons (Fsp3) is 0.375. The molecule has 0 unspecified atom stereocenters. The maximum absolute atomic E-state index is 9.86. The van der Waals surface area contributed by atoms with Crippen molar-refractivity contribution in [1.82, 2.24) is 0 Å². The lowest BCUT2D eigenvalue weighted by Gasteiger charge is -2.16. The van der Waals surface area contributed by atoms with E-state index < -0.39 is 6.10 Å². The molecule has 1 atom stereocenters. The second-order valence-electron chi connectivity index (χ2n) is 4.58. The van der Waals surface area contributed by atoms with Crippen LogP contribution in [0.4, 0.5) is 0 Å². The van der Waals surface area contributed by atoms with Crippen LogP contribution < -0.4 is 4.74 Å². The van der Waals surface area contributed by atoms with Crippen LogP contribution in [0.2, 0.25) is 0 Å². The van der Waals surface area contributed by atoms with Gasteiger partial charge in [-0.1, -0.05) is 36.4 Å². The van der Waals surface area contributed by atoms with Crippen molar-refractivity contribution in [3.63, 3.8) is 0 Å². The predicted molar refractivity (Wildman–Crippen MR) is 76.6 cm³/mol. The Morgan fingerprint density at radius 2 is 1.89 bits per heavy atom. The van der Waals surface area contributed by atoms with Gasteiger partial charge in [-0.2, -0.15) is 0 Å². The quantitative estimate of drug-likeness (QED) is 0.810. The summed E-state index contributed by atoms with van der Waals surface area (Å²) in [7, 11) is 1.68. The summed E-state index contributed by atoms with van der Waals surface area (Å²) in [6.45, 7) is 3.02. The van der Waals surface area contributed by atoms with E-state index in [2.05, 4.69) is 0 Å². The van der Waals surface area contributed by atoms with E-state index in [-0.39, 0.29) is 0 Å². The highest BCUT2D eigenvalue weighted by Gasteiger charge is 2.12. The molecule has 0 aliphatic carbocycles. The molecule has 0 saturated heterocycles. The number of hydrogen-bond donors (Lipinski definition) is 1. The van der Waals surface area contributed by atoms with Crippen LogP contribution in [0.3, 0.4) is 0 Å². The average Bonchev–Trinajstić information content (AvgIpc) is 2.43. The third-order valence-corrected chi connectivity index (χ3v) is 3.10. The zero-order valence-electron chi connectivity index (χ0n) is 11.4. The monoisotopic (exact) mass is 260 g/mol. The third kappa shape index (κ3) is 3.25. The topological polar surface area (TPSA) is 38.7 Å². The predicted octanol–water partition coefficient (Wildman–Crippen LogP) is 3.31. The van der Waals surface area contributed by atoms with Gasteiger partial charge in [0, 0.05) is 31.1 Å². The van der Waals surface area contributed by atoms with Crippen molar-refractivity contribution >= 4 is 10.8 Å². The van der Waals surface area contributed by atoms with Crippen LogP contribution in [0, 0.1) is 0 Å². The second-order valence-corrected chi connectivity index (χ2v) is 4.58. The summed E-state index contributed by atoms with van der Waals surface area (Å²) < 4.78 is 10.9. The van der Waals surface area contributed by atoms with Gasteiger partial charge in [0.15, 0.2) is 0 Å². The minimum atomic E-state index is -0.540. The average molecular weight is 260 g/mol. The van der Waals surface area contributed by atoms with Gasteiger partial charge in [-0.3, -0.25) is 0 Å². The van der Waals surface area contributed by atoms with E-state index in [1.807, 2.05) is 36.4 Å². The fourth-order valence-electron chi connectivity index (χ4n) is 2.13. The van der Waals surface area contributed by atoms with Crippen molar-refractivity contribution < 1.29 is 14.6 Å². The van der Waals surface area contributed by atoms with E-state index in [0.29, 0.717) is 13.2 Å². The van der Waals surface area contributed by atoms with Crippen molar-refractivity contribution in [2.75, 3.05) is 20.3 Å². The number of hydrogen-bond acceptors (Lipinski definition) is 3. The van der Waals surface area contributed by atoms with E-state index in [4.69, 9.17) is 9.47 Å². The summed E-state index contributed by atoms with van der Waals surface area (Å²) in [6, 6.07) is 12.0. The summed E-state index contributed by atoms with van der Waals surface area (Å²) in [6.07, 6.45) is 0.293. The molecule has 2 aromatic rings. The number of aliphatic hydroxyl groups excluding tert-OH is 1. The molecule has 1 N–H and O–H groups in total. The van der Waals surface area contributed by atoms with Gasteiger partial charge in [0.25, 0.3) is 0 Å². The smallest absolute Gasteiger partial charge is 0.132 e. The lowest BCUT2D eigenvalue weighted by molar-refractivity contribution is 0.167. The van der Waals surface area contributed by atoms with E-state index in [0.717, 1.165) is 28.5 Å². The molecule has 102 valence electrons. The molecule has 0 amide bonds. The van der Waals surface area contributed by atoms with Gasteiger partial charge >= 0.3 is 0 Å². The van der Waals surface area contributed by atoms with Crippen molar-refractivity contribution in [3.05, 3.63) is 42.0 Å². The Morgan fingerprint density at radius 3 is 2.63 bits per heavy atom. The minimum absolute atomic E-state index is 0.540. The van der Waals surface area contributed by atoms with Crippen molar-refractivity contribution in [2.24, 2.45) is 0 Å². The number of aliphatic hydroxyl groups is 1. The van der Waals surface area contributed by atoms with E-state index in [1.54, 1.807) is 14.0 Å². The first-order valence-electron chi connectivity index (χ1n) is 6.55. The number of methoxy groups -OCH3 is 1. The summed E-state index contributed by atoms with van der Waals surface area (Å²) >= 11 is 0. The molecule has 3 heteroatoms. The number of fused-ring (bicyclic) bond motifs is 1. The highest BCUT2D eigenvalue weighted by molar-refractivity contribution is 5.89. The van der Waals surface area contributed by atoms with Gasteiger partial charge in [0.2, 0.25) is 0 Å². The fourth-order valence-corrected chi connectivity index (χ4v) is 2.13. The molecular weight excluding hydrogens is 240 g/mol. The Balaban J connectivity index is 2.33. The van der Waals surface area contributed by atoms with Crippen LogP contribution >= 0.6 is 0 Å². The van der Waals surface area contributed by atoms with E-state index in [9.17, 15) is 5.11 Å². The largest absolute Gasteiger partial charge is 0.492 e. The third-order valence-electron chi connectivity index (χ3n) is 3.10. The molecule has 0 aliphatic heterocycles. The summed E-state index contributed by atoms with van der Waals surface area (Å²) in [5, 5.41) is 12.0. The van der Waals surface area contributed by atoms with Crippen molar-refractivity contribution in [2.45, 2.75) is 19.4 Å². The molecule has 0 aromatic heterocycles. The second kappa shape index (κ2) is 6.55. The van der Waals surface area contributed by atoms with Gasteiger partial charge in [0.05, 0.1) is 12.7 Å². The van der Waals surface area contributed by atoms with Crippen LogP contribution in [-0.4, -0.2) is 25.4 Å². The Hall–Kier alpha value is -1.58. The Bertz CT molecular complexity index is 535. The SMILES string of the molecule is COCCCOc1c([C@@H](C)O)ccc2ccccc12. The summed E-state index contributed by atoms with van der Waals surface area (Å²) in [5.41, 5.74) is 0.830. The molecule has 0 heterocycles. The standard InChI is InChI=1S/C16H20O3/c1-12(17)14-9-8-13-6-3-4-7-15(13)16(14)19-11-5-10-18-2/h3-4,6-9,12,17H,5,10-11H2,1-2H3/t12-/m1/s1. The Labute approximate surface area is 113 Å². The first kappa shape index (κ1) is 13.8. The molecule has 0 bridgehead atoms. The van der Waals surface area contributed by atoms with Crippen LogP contribution in [0.1, 0.15) is 25.0 Å². The van der Waals surface area contributed by atoms with Crippen LogP contribution in [-0.2, 0) is 4.74 Å². The zero-order chi connectivity index (χ0) is 13.7. The molecule has 2 rings (SSSR count). The van der Waals surface area contributed by atoms with Crippen molar-refractivity contribution in [3.8, 4) is 5.75 Å². The summed E-state index contributed by atoms with van der Waals surface area (Å²) in [4.78, 5) is 0. The summed E-state index contributed by atoms with van der Waals surface area (Å²) in [5.74, 6) is 0.782. The first-order chi connectivity index (χ1) is 9.24. The van der Waals surface area contributed by atoms with E-state index >= 15 is 0 Å². The van der Waals surface area contributed by atoms with Crippen LogP contribution in [0.15, 0.2) is 36.4 Å². The van der Waals surface area contributed by atoms with Gasteiger partial charge in [-0.05, 0) is 12.3 Å². The highest BCUT2D eigenvalue weighted by Crippen LogP contribution is 2.33. The normalized spacial score (nSPS) is 12.6. The molecule has 2 aromatic carbocycles. The van der Waals surface area contributed by atoms with Gasteiger partial charge in [0.1, 0.15) is 5.75 Å². The Kier molecular flexibility index (Phi) is 4.77. The number of benzene rings is 2. The minimum Gasteiger partial charge on any atom is -0.492 e. The van der Waals surface area contributed by atoms with Gasteiger partial charge < -0.3 is 14.6 Å². The molecule has 0 radical (unpaired) electrons.